The molecule has 1 unspecified atom stereocenters. The summed E-state index contributed by atoms with van der Waals surface area (Å²) >= 11 is 0. The zero-order valence-corrected chi connectivity index (χ0v) is 20.0. The number of hydrogen-bond acceptors (Lipinski definition) is 6. The average molecular weight is 511 g/mol. The fraction of sp³-hybridized carbons (Fsp3) is 0.682. The highest BCUT2D eigenvalue weighted by atomic mass is 32.2. The van der Waals surface area contributed by atoms with Crippen LogP contribution < -0.4 is 4.74 Å². The third kappa shape index (κ3) is 6.97. The highest BCUT2D eigenvalue weighted by Crippen LogP contribution is 2.30. The van der Waals surface area contributed by atoms with Gasteiger partial charge in [-0.25, -0.2) is 17.6 Å². The van der Waals surface area contributed by atoms with Crippen molar-refractivity contribution in [3.05, 3.63) is 24.0 Å². The standard InChI is InChI=1S/C22H30F4N2O5S/c1-15(22(24,25)26)33-21(29)28-11-9-27(10-12-28)17-5-3-16(4-6-17)14-32-20-8-7-18(13-19(20)23)34(2,30)31/h7-8,13,15-17H,3-6,9-12,14H2,1-2H3. The monoisotopic (exact) mass is 510 g/mol. The second kappa shape index (κ2) is 10.7. The van der Waals surface area contributed by atoms with Gasteiger partial charge in [-0.15, -0.1) is 0 Å². The number of carbonyl (C=O) groups excluding carboxylic acids is 1. The Labute approximate surface area is 196 Å². The molecule has 7 nitrogen and oxygen atoms in total. The summed E-state index contributed by atoms with van der Waals surface area (Å²) in [7, 11) is -3.49. The predicted octanol–water partition coefficient (Wildman–Crippen LogP) is 3.87. The van der Waals surface area contributed by atoms with E-state index >= 15 is 0 Å². The molecular weight excluding hydrogens is 480 g/mol. The maximum absolute atomic E-state index is 14.2. The van der Waals surface area contributed by atoms with Crippen LogP contribution in [-0.4, -0.2) is 81.7 Å². The number of piperazine rings is 1. The number of rotatable bonds is 6. The first kappa shape index (κ1) is 26.5. The summed E-state index contributed by atoms with van der Waals surface area (Å²) in [5.74, 6) is -0.444. The van der Waals surface area contributed by atoms with E-state index in [4.69, 9.17) is 4.74 Å². The minimum Gasteiger partial charge on any atom is -0.490 e. The molecule has 1 amide bonds. The van der Waals surface area contributed by atoms with E-state index in [0.29, 0.717) is 38.8 Å². The second-order valence-corrected chi connectivity index (χ2v) is 11.0. The van der Waals surface area contributed by atoms with Crippen LogP contribution in [0.15, 0.2) is 23.1 Å². The Hall–Kier alpha value is -2.08. The number of carbonyl (C=O) groups is 1. The lowest BCUT2D eigenvalue weighted by Crippen LogP contribution is -2.53. The summed E-state index contributed by atoms with van der Waals surface area (Å²) in [4.78, 5) is 15.4. The third-order valence-electron chi connectivity index (χ3n) is 6.45. The number of benzene rings is 1. The number of hydrogen-bond donors (Lipinski definition) is 0. The van der Waals surface area contributed by atoms with Crippen molar-refractivity contribution in [2.24, 2.45) is 5.92 Å². The molecule has 1 aliphatic carbocycles. The van der Waals surface area contributed by atoms with E-state index in [9.17, 15) is 30.8 Å². The minimum atomic E-state index is -4.58. The van der Waals surface area contributed by atoms with Gasteiger partial charge >= 0.3 is 12.3 Å². The van der Waals surface area contributed by atoms with Gasteiger partial charge in [-0.3, -0.25) is 4.90 Å². The fourth-order valence-electron chi connectivity index (χ4n) is 4.28. The Kier molecular flexibility index (Phi) is 8.33. The molecule has 12 heteroatoms. The highest BCUT2D eigenvalue weighted by Gasteiger charge is 2.40. The minimum absolute atomic E-state index is 0.0253. The van der Waals surface area contributed by atoms with Crippen LogP contribution in [0.5, 0.6) is 5.75 Å². The lowest BCUT2D eigenvalue weighted by atomic mass is 9.85. The SMILES string of the molecule is CC(OC(=O)N1CCN(C2CCC(COc3ccc(S(C)(=O)=O)cc3F)CC2)CC1)C(F)(F)F. The summed E-state index contributed by atoms with van der Waals surface area (Å²) in [6.45, 7) is 2.91. The van der Waals surface area contributed by atoms with E-state index in [1.807, 2.05) is 0 Å². The molecule has 192 valence electrons. The molecule has 1 aromatic rings. The smallest absolute Gasteiger partial charge is 0.425 e. The number of nitrogens with zero attached hydrogens (tertiary/aromatic N) is 2. The van der Waals surface area contributed by atoms with Gasteiger partial charge in [0.25, 0.3) is 0 Å². The molecule has 1 saturated carbocycles. The zero-order chi connectivity index (χ0) is 25.1. The van der Waals surface area contributed by atoms with Crippen LogP contribution >= 0.6 is 0 Å². The molecule has 0 aromatic heterocycles. The van der Waals surface area contributed by atoms with Crippen LogP contribution in [0.4, 0.5) is 22.4 Å². The van der Waals surface area contributed by atoms with Gasteiger partial charge in [0, 0.05) is 38.5 Å². The molecule has 0 spiro atoms. The average Bonchev–Trinajstić information content (AvgIpc) is 2.77. The summed E-state index contributed by atoms with van der Waals surface area (Å²) in [5, 5.41) is 0. The van der Waals surface area contributed by atoms with Gasteiger partial charge in [-0.2, -0.15) is 13.2 Å². The van der Waals surface area contributed by atoms with Crippen LogP contribution in [0.1, 0.15) is 32.6 Å². The summed E-state index contributed by atoms with van der Waals surface area (Å²) < 4.78 is 85.1. The summed E-state index contributed by atoms with van der Waals surface area (Å²) in [6.07, 6.45) is -3.09. The molecule has 2 fully saturated rings. The van der Waals surface area contributed by atoms with Crippen LogP contribution in [-0.2, 0) is 14.6 Å². The molecule has 1 saturated heterocycles. The van der Waals surface area contributed by atoms with Gasteiger partial charge in [0.2, 0.25) is 0 Å². The Morgan fingerprint density at radius 2 is 1.74 bits per heavy atom. The first-order valence-electron chi connectivity index (χ1n) is 11.2. The van der Waals surface area contributed by atoms with Crippen molar-refractivity contribution in [3.63, 3.8) is 0 Å². The van der Waals surface area contributed by atoms with Gasteiger partial charge in [0.1, 0.15) is 0 Å². The van der Waals surface area contributed by atoms with Gasteiger partial charge in [-0.1, -0.05) is 0 Å². The van der Waals surface area contributed by atoms with Crippen LogP contribution in [0.25, 0.3) is 0 Å². The molecule has 3 rings (SSSR count). The molecule has 1 aromatic carbocycles. The van der Waals surface area contributed by atoms with Crippen molar-refractivity contribution in [2.45, 2.75) is 55.8 Å². The Morgan fingerprint density at radius 1 is 1.12 bits per heavy atom. The molecular formula is C22H30F4N2O5S. The van der Waals surface area contributed by atoms with Crippen LogP contribution in [0.2, 0.25) is 0 Å². The van der Waals surface area contributed by atoms with Gasteiger partial charge in [0.05, 0.1) is 11.5 Å². The molecule has 34 heavy (non-hydrogen) atoms. The number of halogens is 4. The third-order valence-corrected chi connectivity index (χ3v) is 7.56. The molecule has 1 aliphatic heterocycles. The number of amides is 1. The van der Waals surface area contributed by atoms with E-state index < -0.39 is 34.0 Å². The van der Waals surface area contributed by atoms with Gasteiger partial charge in [-0.05, 0) is 56.7 Å². The largest absolute Gasteiger partial charge is 0.490 e. The van der Waals surface area contributed by atoms with E-state index in [0.717, 1.165) is 44.9 Å². The number of alkyl halides is 3. The lowest BCUT2D eigenvalue weighted by molar-refractivity contribution is -0.200. The van der Waals surface area contributed by atoms with E-state index in [2.05, 4.69) is 9.64 Å². The summed E-state index contributed by atoms with van der Waals surface area (Å²) in [6, 6.07) is 3.93. The maximum atomic E-state index is 14.2. The summed E-state index contributed by atoms with van der Waals surface area (Å²) in [5.41, 5.74) is 0. The maximum Gasteiger partial charge on any atom is 0.425 e. The van der Waals surface area contributed by atoms with Crippen molar-refractivity contribution < 1.29 is 40.2 Å². The molecule has 2 aliphatic rings. The van der Waals surface area contributed by atoms with Crippen molar-refractivity contribution in [1.29, 1.82) is 0 Å². The molecule has 1 atom stereocenters. The first-order chi connectivity index (χ1) is 15.8. The molecule has 0 bridgehead atoms. The van der Waals surface area contributed by atoms with Crippen LogP contribution in [0.3, 0.4) is 0 Å². The lowest BCUT2D eigenvalue weighted by Gasteiger charge is -2.41. The van der Waals surface area contributed by atoms with Crippen molar-refractivity contribution >= 4 is 15.9 Å². The molecule has 1 heterocycles. The van der Waals surface area contributed by atoms with Crippen LogP contribution in [0, 0.1) is 11.7 Å². The van der Waals surface area contributed by atoms with E-state index in [-0.39, 0.29) is 16.6 Å². The van der Waals surface area contributed by atoms with Crippen molar-refractivity contribution in [1.82, 2.24) is 9.80 Å². The van der Waals surface area contributed by atoms with Gasteiger partial charge < -0.3 is 14.4 Å². The first-order valence-corrected chi connectivity index (χ1v) is 13.1. The quantitative estimate of drug-likeness (QED) is 0.541. The zero-order valence-electron chi connectivity index (χ0n) is 19.2. The second-order valence-electron chi connectivity index (χ2n) is 8.94. The molecule has 0 N–H and O–H groups in total. The Balaban J connectivity index is 1.40. The fourth-order valence-corrected chi connectivity index (χ4v) is 4.91. The number of sulfone groups is 1. The van der Waals surface area contributed by atoms with E-state index in [1.54, 1.807) is 0 Å². The Morgan fingerprint density at radius 3 is 2.26 bits per heavy atom. The van der Waals surface area contributed by atoms with Crippen molar-refractivity contribution in [2.75, 3.05) is 39.0 Å². The number of ether oxygens (including phenoxy) is 2. The van der Waals surface area contributed by atoms with Gasteiger partial charge in [0.15, 0.2) is 27.5 Å². The molecule has 0 radical (unpaired) electrons. The topological polar surface area (TPSA) is 76.2 Å². The highest BCUT2D eigenvalue weighted by molar-refractivity contribution is 7.90. The van der Waals surface area contributed by atoms with Crippen molar-refractivity contribution in [3.8, 4) is 5.75 Å². The van der Waals surface area contributed by atoms with E-state index in [1.165, 1.54) is 17.0 Å². The predicted molar refractivity (Wildman–Crippen MR) is 116 cm³/mol. The normalized spacial score (nSPS) is 23.4. The Bertz CT molecular complexity index is 957.